The van der Waals surface area contributed by atoms with Crippen LogP contribution < -0.4 is 0 Å². The molecule has 0 amide bonds. The van der Waals surface area contributed by atoms with Crippen molar-refractivity contribution in [2.75, 3.05) is 0 Å². The largest absolute Gasteiger partial charge is 0.0620 e. The van der Waals surface area contributed by atoms with Gasteiger partial charge in [0.05, 0.1) is 0 Å². The van der Waals surface area contributed by atoms with E-state index in [1.807, 2.05) is 0 Å². The van der Waals surface area contributed by atoms with Crippen LogP contribution in [-0.4, -0.2) is 0 Å². The van der Waals surface area contributed by atoms with Crippen LogP contribution in [0.5, 0.6) is 0 Å². The van der Waals surface area contributed by atoms with Gasteiger partial charge in [-0.1, -0.05) is 59.7 Å². The monoisotopic (exact) mass is 284 g/mol. The van der Waals surface area contributed by atoms with Crippen LogP contribution in [-0.2, 0) is 11.8 Å². The highest BCUT2D eigenvalue weighted by molar-refractivity contribution is 5.42. The Morgan fingerprint density at radius 1 is 1.10 bits per heavy atom. The molecule has 0 bridgehead atoms. The maximum Gasteiger partial charge on any atom is -0.00388 e. The number of rotatable bonds is 1. The third kappa shape index (κ3) is 2.17. The van der Waals surface area contributed by atoms with Crippen molar-refractivity contribution in [3.63, 3.8) is 0 Å². The Morgan fingerprint density at radius 2 is 1.81 bits per heavy atom. The van der Waals surface area contributed by atoms with Crippen molar-refractivity contribution in [2.45, 2.75) is 78.6 Å². The molecule has 2 aliphatic carbocycles. The molecule has 3 rings (SSSR count). The van der Waals surface area contributed by atoms with Gasteiger partial charge in [-0.25, -0.2) is 0 Å². The molecule has 2 aliphatic rings. The minimum atomic E-state index is 0.397. The Morgan fingerprint density at radius 3 is 2.48 bits per heavy atom. The molecule has 0 heterocycles. The third-order valence-corrected chi connectivity index (χ3v) is 7.15. The first-order valence-corrected chi connectivity index (χ1v) is 8.90. The molecule has 116 valence electrons. The maximum absolute atomic E-state index is 2.56. The van der Waals surface area contributed by atoms with Crippen LogP contribution in [0.2, 0.25) is 0 Å². The van der Waals surface area contributed by atoms with E-state index in [-0.39, 0.29) is 0 Å². The van der Waals surface area contributed by atoms with Crippen molar-refractivity contribution in [3.05, 3.63) is 34.9 Å². The van der Waals surface area contributed by atoms with Crippen LogP contribution in [0.4, 0.5) is 0 Å². The van der Waals surface area contributed by atoms with Gasteiger partial charge in [-0.15, -0.1) is 0 Å². The first kappa shape index (κ1) is 15.1. The predicted octanol–water partition coefficient (Wildman–Crippen LogP) is 6.09. The topological polar surface area (TPSA) is 0 Å². The lowest BCUT2D eigenvalue weighted by molar-refractivity contribution is -0.00599. The summed E-state index contributed by atoms with van der Waals surface area (Å²) >= 11 is 0. The van der Waals surface area contributed by atoms with Gasteiger partial charge in [-0.05, 0) is 71.0 Å². The van der Waals surface area contributed by atoms with Gasteiger partial charge in [0.25, 0.3) is 0 Å². The second-order valence-corrected chi connectivity index (χ2v) is 8.84. The summed E-state index contributed by atoms with van der Waals surface area (Å²) in [5.74, 6) is 2.32. The highest BCUT2D eigenvalue weighted by atomic mass is 14.6. The van der Waals surface area contributed by atoms with Gasteiger partial charge in [0, 0.05) is 0 Å². The van der Waals surface area contributed by atoms with Crippen LogP contribution in [0.1, 0.15) is 83.4 Å². The molecule has 0 nitrogen and oxygen atoms in total. The lowest BCUT2D eigenvalue weighted by Gasteiger charge is -2.57. The van der Waals surface area contributed by atoms with Gasteiger partial charge in [0.1, 0.15) is 0 Å². The SMILES string of the molecule is CC(C)c1ccc2c(c1)[C@@]1(C)CC[C@H](C)C(C)(C)C1CC2. The summed E-state index contributed by atoms with van der Waals surface area (Å²) in [5, 5.41) is 0. The van der Waals surface area contributed by atoms with Crippen molar-refractivity contribution in [1.29, 1.82) is 0 Å². The van der Waals surface area contributed by atoms with Gasteiger partial charge >= 0.3 is 0 Å². The van der Waals surface area contributed by atoms with E-state index in [2.05, 4.69) is 59.7 Å². The fourth-order valence-corrected chi connectivity index (χ4v) is 5.24. The van der Waals surface area contributed by atoms with Gasteiger partial charge in [-0.2, -0.15) is 0 Å². The summed E-state index contributed by atoms with van der Waals surface area (Å²) in [6.07, 6.45) is 5.41. The molecule has 0 spiro atoms. The summed E-state index contributed by atoms with van der Waals surface area (Å²) < 4.78 is 0. The summed E-state index contributed by atoms with van der Waals surface area (Å²) in [6, 6.07) is 7.35. The number of benzene rings is 1. The molecule has 21 heavy (non-hydrogen) atoms. The standard InChI is InChI=1S/C21H32/c1-14(2)17-8-7-16-9-10-19-20(4,5)15(3)11-12-21(19,6)18(16)13-17/h7-8,13-15,19H,9-12H2,1-6H3/t15-,19?,21+/m0/s1. The quantitative estimate of drug-likeness (QED) is 0.585. The lowest BCUT2D eigenvalue weighted by atomic mass is 9.47. The van der Waals surface area contributed by atoms with Gasteiger partial charge in [-0.3, -0.25) is 0 Å². The van der Waals surface area contributed by atoms with Crippen LogP contribution in [0, 0.1) is 17.3 Å². The molecular weight excluding hydrogens is 252 g/mol. The van der Waals surface area contributed by atoms with E-state index >= 15 is 0 Å². The Hall–Kier alpha value is -0.780. The van der Waals surface area contributed by atoms with Crippen LogP contribution in [0.15, 0.2) is 18.2 Å². The zero-order valence-electron chi connectivity index (χ0n) is 14.8. The maximum atomic E-state index is 2.56. The fourth-order valence-electron chi connectivity index (χ4n) is 5.24. The molecule has 0 heteroatoms. The minimum absolute atomic E-state index is 0.397. The first-order valence-electron chi connectivity index (χ1n) is 8.90. The van der Waals surface area contributed by atoms with Crippen molar-refractivity contribution in [3.8, 4) is 0 Å². The molecule has 0 aromatic heterocycles. The molecule has 0 N–H and O–H groups in total. The van der Waals surface area contributed by atoms with E-state index in [1.165, 1.54) is 31.2 Å². The smallest absolute Gasteiger partial charge is 0.00388 e. The molecule has 1 saturated carbocycles. The zero-order chi connectivity index (χ0) is 15.4. The number of hydrogen-bond acceptors (Lipinski definition) is 0. The van der Waals surface area contributed by atoms with Crippen LogP contribution in [0.25, 0.3) is 0 Å². The molecule has 0 saturated heterocycles. The van der Waals surface area contributed by atoms with Crippen molar-refractivity contribution in [1.82, 2.24) is 0 Å². The molecule has 1 fully saturated rings. The minimum Gasteiger partial charge on any atom is -0.0620 e. The number of aryl methyl sites for hydroxylation is 1. The molecule has 1 aromatic carbocycles. The van der Waals surface area contributed by atoms with E-state index in [0.29, 0.717) is 16.7 Å². The molecule has 3 atom stereocenters. The molecule has 1 aromatic rings. The van der Waals surface area contributed by atoms with Crippen molar-refractivity contribution < 1.29 is 0 Å². The zero-order valence-corrected chi connectivity index (χ0v) is 14.8. The van der Waals surface area contributed by atoms with E-state index in [9.17, 15) is 0 Å². The highest BCUT2D eigenvalue weighted by Gasteiger charge is 2.52. The van der Waals surface area contributed by atoms with Crippen LogP contribution >= 0.6 is 0 Å². The van der Waals surface area contributed by atoms with Gasteiger partial charge in [0.2, 0.25) is 0 Å². The Bertz CT molecular complexity index is 537. The normalized spacial score (nSPS) is 34.4. The Kier molecular flexibility index (Phi) is 3.50. The Labute approximate surface area is 131 Å². The predicted molar refractivity (Wildman–Crippen MR) is 91.9 cm³/mol. The summed E-state index contributed by atoms with van der Waals surface area (Å²) in [5.41, 5.74) is 5.70. The van der Waals surface area contributed by atoms with Gasteiger partial charge in [0.15, 0.2) is 0 Å². The van der Waals surface area contributed by atoms with Crippen molar-refractivity contribution in [2.24, 2.45) is 17.3 Å². The lowest BCUT2D eigenvalue weighted by Crippen LogP contribution is -2.51. The average Bonchev–Trinajstić information content (AvgIpc) is 2.43. The molecule has 0 aliphatic heterocycles. The van der Waals surface area contributed by atoms with Crippen LogP contribution in [0.3, 0.4) is 0 Å². The second kappa shape index (κ2) is 4.86. The summed E-state index contributed by atoms with van der Waals surface area (Å²) in [6.45, 7) is 14.7. The van der Waals surface area contributed by atoms with Gasteiger partial charge < -0.3 is 0 Å². The fraction of sp³-hybridized carbons (Fsp3) is 0.714. The van der Waals surface area contributed by atoms with Crippen molar-refractivity contribution >= 4 is 0 Å². The summed E-state index contributed by atoms with van der Waals surface area (Å²) in [7, 11) is 0. The van der Waals surface area contributed by atoms with E-state index in [1.54, 1.807) is 11.1 Å². The third-order valence-electron chi connectivity index (χ3n) is 7.15. The highest BCUT2D eigenvalue weighted by Crippen LogP contribution is 2.59. The number of hydrogen-bond donors (Lipinski definition) is 0. The van der Waals surface area contributed by atoms with E-state index in [0.717, 1.165) is 11.8 Å². The Balaban J connectivity index is 2.10. The summed E-state index contributed by atoms with van der Waals surface area (Å²) in [4.78, 5) is 0. The molecule has 0 radical (unpaired) electrons. The molecule has 1 unspecified atom stereocenters. The van der Waals surface area contributed by atoms with E-state index < -0.39 is 0 Å². The molecular formula is C21H32. The number of fused-ring (bicyclic) bond motifs is 3. The van der Waals surface area contributed by atoms with E-state index in [4.69, 9.17) is 0 Å². The second-order valence-electron chi connectivity index (χ2n) is 8.84. The average molecular weight is 284 g/mol. The first-order chi connectivity index (χ1) is 9.76.